The van der Waals surface area contributed by atoms with Gasteiger partial charge in [-0.25, -0.2) is 0 Å². The Morgan fingerprint density at radius 2 is 1.64 bits per heavy atom. The first-order chi connectivity index (χ1) is 13.7. The molecule has 1 saturated heterocycles. The molecule has 1 aliphatic rings. The summed E-state index contributed by atoms with van der Waals surface area (Å²) in [6.45, 7) is 5.19. The van der Waals surface area contributed by atoms with Crippen molar-refractivity contribution in [2.75, 3.05) is 26.8 Å². The maximum absolute atomic E-state index is 12.3. The van der Waals surface area contributed by atoms with Crippen LogP contribution < -0.4 is 14.2 Å². The van der Waals surface area contributed by atoms with Crippen LogP contribution in [-0.2, 0) is 11.4 Å². The molecule has 1 N–H and O–H groups in total. The molecule has 0 aromatic heterocycles. The molecule has 2 aromatic carbocycles. The first-order valence-electron chi connectivity index (χ1n) is 9.59. The summed E-state index contributed by atoms with van der Waals surface area (Å²) < 4.78 is 16.6. The van der Waals surface area contributed by atoms with Crippen molar-refractivity contribution in [1.82, 2.24) is 4.90 Å². The number of aliphatic hydroxyl groups excluding tert-OH is 1. The molecule has 1 amide bonds. The van der Waals surface area contributed by atoms with E-state index >= 15 is 0 Å². The van der Waals surface area contributed by atoms with Gasteiger partial charge in [-0.05, 0) is 42.0 Å². The third-order valence-electron chi connectivity index (χ3n) is 4.33. The van der Waals surface area contributed by atoms with Gasteiger partial charge in [0.2, 0.25) is 0 Å². The lowest BCUT2D eigenvalue weighted by Gasteiger charge is -2.17. The van der Waals surface area contributed by atoms with Crippen molar-refractivity contribution in [3.8, 4) is 17.2 Å². The molecule has 1 heterocycles. The maximum atomic E-state index is 12.3. The number of ether oxygens (including phenoxy) is 3. The molecular formula is C22H29NO5. The monoisotopic (exact) mass is 387 g/mol. The van der Waals surface area contributed by atoms with Gasteiger partial charge < -0.3 is 24.2 Å². The molecule has 28 heavy (non-hydrogen) atoms. The minimum absolute atomic E-state index is 0.00622. The average molecular weight is 387 g/mol. The molecule has 152 valence electrons. The summed E-state index contributed by atoms with van der Waals surface area (Å²) >= 11 is 0. The fourth-order valence-corrected chi connectivity index (χ4v) is 2.83. The Hall–Kier alpha value is -2.73. The number of hydrogen-bond donors (Lipinski definition) is 1. The second-order valence-electron chi connectivity index (χ2n) is 6.13. The normalized spacial score (nSPS) is 15.4. The highest BCUT2D eigenvalue weighted by Gasteiger charge is 2.27. The highest BCUT2D eigenvalue weighted by molar-refractivity contribution is 5.78. The van der Waals surface area contributed by atoms with Gasteiger partial charge in [-0.3, -0.25) is 4.79 Å². The first kappa shape index (κ1) is 21.6. The van der Waals surface area contributed by atoms with Gasteiger partial charge in [0.05, 0.1) is 20.3 Å². The number of carbonyl (C=O) groups excluding carboxylic acids is 1. The molecule has 0 aliphatic carbocycles. The highest BCUT2D eigenvalue weighted by Crippen LogP contribution is 2.21. The van der Waals surface area contributed by atoms with Crippen LogP contribution in [0.2, 0.25) is 0 Å². The summed E-state index contributed by atoms with van der Waals surface area (Å²) in [5, 5.41) is 9.03. The largest absolute Gasteiger partial charge is 0.497 e. The van der Waals surface area contributed by atoms with E-state index in [-0.39, 0.29) is 25.2 Å². The van der Waals surface area contributed by atoms with Gasteiger partial charge in [0, 0.05) is 13.0 Å². The molecule has 1 unspecified atom stereocenters. The number of hydrogen-bond acceptors (Lipinski definition) is 5. The zero-order valence-corrected chi connectivity index (χ0v) is 16.8. The van der Waals surface area contributed by atoms with Crippen LogP contribution in [0.4, 0.5) is 0 Å². The predicted octanol–water partition coefficient (Wildman–Crippen LogP) is 3.27. The number of carbonyl (C=O) groups is 1. The Morgan fingerprint density at radius 3 is 2.25 bits per heavy atom. The molecule has 2 aromatic rings. The summed E-state index contributed by atoms with van der Waals surface area (Å²) in [7, 11) is 1.62. The summed E-state index contributed by atoms with van der Waals surface area (Å²) in [5.41, 5.74) is 0.807. The zero-order chi connectivity index (χ0) is 20.4. The SMILES string of the molecule is CC.COc1ccc(OC2CCN(C(=O)COc3ccc(CO)cc3)C2)cc1. The first-order valence-corrected chi connectivity index (χ1v) is 9.59. The van der Waals surface area contributed by atoms with E-state index in [2.05, 4.69) is 0 Å². The second kappa shape index (κ2) is 11.2. The van der Waals surface area contributed by atoms with E-state index in [1.54, 1.807) is 36.3 Å². The summed E-state index contributed by atoms with van der Waals surface area (Å²) in [6, 6.07) is 14.5. The molecule has 1 fully saturated rings. The van der Waals surface area contributed by atoms with Crippen molar-refractivity contribution in [3.63, 3.8) is 0 Å². The average Bonchev–Trinajstić information content (AvgIpc) is 3.23. The van der Waals surface area contributed by atoms with Gasteiger partial charge >= 0.3 is 0 Å². The standard InChI is InChI=1S/C20H23NO5.C2H6/c1-24-16-6-8-18(9-7-16)26-19-10-11-21(12-19)20(23)14-25-17-4-2-15(13-22)3-5-17;1-2/h2-9,19,22H,10-14H2,1H3;1-2H3. The molecule has 0 radical (unpaired) electrons. The molecule has 6 nitrogen and oxygen atoms in total. The van der Waals surface area contributed by atoms with Gasteiger partial charge in [0.25, 0.3) is 5.91 Å². The van der Waals surface area contributed by atoms with Crippen molar-refractivity contribution >= 4 is 5.91 Å². The minimum Gasteiger partial charge on any atom is -0.497 e. The fraction of sp³-hybridized carbons (Fsp3) is 0.409. The van der Waals surface area contributed by atoms with Crippen molar-refractivity contribution in [2.45, 2.75) is 33.0 Å². The van der Waals surface area contributed by atoms with Crippen LogP contribution in [0.3, 0.4) is 0 Å². The van der Waals surface area contributed by atoms with E-state index in [9.17, 15) is 4.79 Å². The molecule has 1 atom stereocenters. The molecule has 1 aliphatic heterocycles. The number of methoxy groups -OCH3 is 1. The lowest BCUT2D eigenvalue weighted by molar-refractivity contribution is -0.132. The van der Waals surface area contributed by atoms with Crippen LogP contribution in [0, 0.1) is 0 Å². The lowest BCUT2D eigenvalue weighted by atomic mass is 10.2. The van der Waals surface area contributed by atoms with Crippen molar-refractivity contribution in [3.05, 3.63) is 54.1 Å². The topological polar surface area (TPSA) is 68.2 Å². The molecule has 3 rings (SSSR count). The predicted molar refractivity (Wildman–Crippen MR) is 108 cm³/mol. The summed E-state index contributed by atoms with van der Waals surface area (Å²) in [5.74, 6) is 2.10. The van der Waals surface area contributed by atoms with E-state index in [1.807, 2.05) is 38.1 Å². The number of aliphatic hydroxyl groups is 1. The van der Waals surface area contributed by atoms with E-state index in [0.29, 0.717) is 18.8 Å². The van der Waals surface area contributed by atoms with Gasteiger partial charge in [-0.1, -0.05) is 26.0 Å². The Kier molecular flexibility index (Phi) is 8.62. The molecular weight excluding hydrogens is 358 g/mol. The summed E-state index contributed by atoms with van der Waals surface area (Å²) in [6.07, 6.45) is 0.777. The number of nitrogens with zero attached hydrogens (tertiary/aromatic N) is 1. The van der Waals surface area contributed by atoms with Crippen LogP contribution in [0.1, 0.15) is 25.8 Å². The van der Waals surface area contributed by atoms with Gasteiger partial charge in [-0.2, -0.15) is 0 Å². The third-order valence-corrected chi connectivity index (χ3v) is 4.33. The Morgan fingerprint density at radius 1 is 1.04 bits per heavy atom. The van der Waals surface area contributed by atoms with Crippen LogP contribution in [-0.4, -0.2) is 48.8 Å². The highest BCUT2D eigenvalue weighted by atomic mass is 16.5. The number of amides is 1. The van der Waals surface area contributed by atoms with E-state index in [4.69, 9.17) is 19.3 Å². The number of likely N-dealkylation sites (tertiary alicyclic amines) is 1. The van der Waals surface area contributed by atoms with Gasteiger partial charge in [-0.15, -0.1) is 0 Å². The lowest BCUT2D eigenvalue weighted by Crippen LogP contribution is -2.34. The van der Waals surface area contributed by atoms with Crippen molar-refractivity contribution in [1.29, 1.82) is 0 Å². The van der Waals surface area contributed by atoms with E-state index < -0.39 is 0 Å². The van der Waals surface area contributed by atoms with Gasteiger partial charge in [0.15, 0.2) is 6.61 Å². The number of benzene rings is 2. The third kappa shape index (κ3) is 6.16. The quantitative estimate of drug-likeness (QED) is 0.790. The van der Waals surface area contributed by atoms with Gasteiger partial charge in [0.1, 0.15) is 23.4 Å². The Labute approximate surface area is 166 Å². The van der Waals surface area contributed by atoms with Crippen molar-refractivity contribution in [2.24, 2.45) is 0 Å². The minimum atomic E-state index is -0.0583. The molecule has 6 heteroatoms. The smallest absolute Gasteiger partial charge is 0.260 e. The van der Waals surface area contributed by atoms with E-state index in [0.717, 1.165) is 23.5 Å². The van der Waals surface area contributed by atoms with Crippen LogP contribution in [0.25, 0.3) is 0 Å². The molecule has 0 bridgehead atoms. The second-order valence-corrected chi connectivity index (χ2v) is 6.13. The Balaban J connectivity index is 0.00000136. The van der Waals surface area contributed by atoms with Crippen LogP contribution in [0.5, 0.6) is 17.2 Å². The fourth-order valence-electron chi connectivity index (χ4n) is 2.83. The maximum Gasteiger partial charge on any atom is 0.260 e. The van der Waals surface area contributed by atoms with Crippen LogP contribution >= 0.6 is 0 Å². The summed E-state index contributed by atoms with van der Waals surface area (Å²) in [4.78, 5) is 14.1. The van der Waals surface area contributed by atoms with Crippen molar-refractivity contribution < 1.29 is 24.1 Å². The Bertz CT molecular complexity index is 715. The number of rotatable bonds is 7. The van der Waals surface area contributed by atoms with E-state index in [1.165, 1.54) is 0 Å². The molecule has 0 saturated carbocycles. The zero-order valence-electron chi connectivity index (χ0n) is 16.8. The van der Waals surface area contributed by atoms with Crippen LogP contribution in [0.15, 0.2) is 48.5 Å². The molecule has 0 spiro atoms.